The number of carbonyl (C=O) groups excluding carboxylic acids is 2. The molecular formula is C9H16O7. The van der Waals surface area contributed by atoms with Crippen LogP contribution in [0.1, 0.15) is 13.8 Å². The first kappa shape index (κ1) is 15.2. The van der Waals surface area contributed by atoms with E-state index in [4.69, 9.17) is 24.2 Å². The summed E-state index contributed by atoms with van der Waals surface area (Å²) in [6, 6.07) is 0. The Morgan fingerprint density at radius 3 is 2.19 bits per heavy atom. The molecular weight excluding hydrogens is 220 g/mol. The lowest BCUT2D eigenvalue weighted by Crippen LogP contribution is -2.54. The van der Waals surface area contributed by atoms with Crippen molar-refractivity contribution in [2.75, 3.05) is 6.61 Å². The lowest BCUT2D eigenvalue weighted by Gasteiger charge is -2.35. The minimum atomic E-state index is -1.20. The third-order valence-electron chi connectivity index (χ3n) is 1.86. The minimum Gasteiger partial charge on any atom is -0.388 e. The normalized spacial score (nSPS) is 33.9. The van der Waals surface area contributed by atoms with E-state index in [0.717, 1.165) is 0 Å². The van der Waals surface area contributed by atoms with Crippen LogP contribution in [0.15, 0.2) is 0 Å². The predicted octanol–water partition coefficient (Wildman–Crippen LogP) is -1.73. The van der Waals surface area contributed by atoms with E-state index in [0.29, 0.717) is 0 Å². The van der Waals surface area contributed by atoms with Gasteiger partial charge in [-0.3, -0.25) is 0 Å². The molecule has 1 aliphatic rings. The number of aliphatic hydroxyl groups excluding tert-OH is 3. The van der Waals surface area contributed by atoms with Crippen molar-refractivity contribution in [3.8, 4) is 0 Å². The van der Waals surface area contributed by atoms with Crippen LogP contribution in [-0.2, 0) is 19.1 Å². The van der Waals surface area contributed by atoms with E-state index in [1.54, 1.807) is 13.8 Å². The van der Waals surface area contributed by atoms with Crippen LogP contribution >= 0.6 is 0 Å². The van der Waals surface area contributed by atoms with Gasteiger partial charge in [0.25, 0.3) is 0 Å². The summed E-state index contributed by atoms with van der Waals surface area (Å²) in [6.07, 6.45) is -4.12. The van der Waals surface area contributed by atoms with E-state index in [-0.39, 0.29) is 18.9 Å². The molecule has 0 bridgehead atoms. The first-order valence-corrected chi connectivity index (χ1v) is 4.74. The third-order valence-corrected chi connectivity index (χ3v) is 1.86. The van der Waals surface area contributed by atoms with E-state index in [9.17, 15) is 10.2 Å². The molecule has 16 heavy (non-hydrogen) atoms. The van der Waals surface area contributed by atoms with E-state index < -0.39 is 24.6 Å². The average molecular weight is 236 g/mol. The number of hydrogen-bond acceptors (Lipinski definition) is 7. The fourth-order valence-electron chi connectivity index (χ4n) is 1.17. The van der Waals surface area contributed by atoms with Crippen LogP contribution in [0.2, 0.25) is 0 Å². The van der Waals surface area contributed by atoms with Crippen LogP contribution in [0.3, 0.4) is 0 Å². The molecule has 2 unspecified atom stereocenters. The molecule has 1 heterocycles. The van der Waals surface area contributed by atoms with E-state index in [2.05, 4.69) is 0 Å². The number of hydrogen-bond donors (Lipinski definition) is 3. The fourth-order valence-corrected chi connectivity index (χ4v) is 1.17. The van der Waals surface area contributed by atoms with Crippen molar-refractivity contribution in [1.82, 2.24) is 0 Å². The predicted molar refractivity (Wildman–Crippen MR) is 49.0 cm³/mol. The summed E-state index contributed by atoms with van der Waals surface area (Å²) >= 11 is 0. The first-order chi connectivity index (χ1) is 7.43. The maximum Gasteiger partial charge on any atom is 0.373 e. The summed E-state index contributed by atoms with van der Waals surface area (Å²) in [6.45, 7) is 3.58. The second-order valence-corrected chi connectivity index (χ2v) is 3.52. The molecule has 0 aromatic heterocycles. The summed E-state index contributed by atoms with van der Waals surface area (Å²) in [4.78, 5) is 16.2. The zero-order chi connectivity index (χ0) is 12.7. The first-order valence-electron chi connectivity index (χ1n) is 4.74. The lowest BCUT2D eigenvalue weighted by atomic mass is 10.1. The zero-order valence-corrected chi connectivity index (χ0v) is 9.07. The lowest BCUT2D eigenvalue weighted by molar-refractivity contribution is -0.278. The smallest absolute Gasteiger partial charge is 0.373 e. The summed E-state index contributed by atoms with van der Waals surface area (Å²) in [5.41, 5.74) is 0. The van der Waals surface area contributed by atoms with Gasteiger partial charge in [-0.1, -0.05) is 0 Å². The summed E-state index contributed by atoms with van der Waals surface area (Å²) in [5, 5.41) is 27.8. The van der Waals surface area contributed by atoms with Gasteiger partial charge < -0.3 is 24.8 Å². The van der Waals surface area contributed by atoms with Crippen molar-refractivity contribution < 1.29 is 34.4 Å². The molecule has 1 rings (SSSR count). The SMILES string of the molecule is CC(C)OC1OC[C@@H](O)[C@H](O)C1O.O=C=O. The molecule has 4 atom stereocenters. The molecule has 0 aromatic carbocycles. The van der Waals surface area contributed by atoms with E-state index >= 15 is 0 Å². The highest BCUT2D eigenvalue weighted by Crippen LogP contribution is 2.17. The molecule has 7 heteroatoms. The molecule has 0 saturated carbocycles. The molecule has 94 valence electrons. The molecule has 1 aliphatic heterocycles. The van der Waals surface area contributed by atoms with Gasteiger partial charge in [-0.25, -0.2) is 0 Å². The topological polar surface area (TPSA) is 113 Å². The molecule has 0 aromatic rings. The monoisotopic (exact) mass is 236 g/mol. The molecule has 0 aliphatic carbocycles. The molecule has 1 saturated heterocycles. The van der Waals surface area contributed by atoms with Crippen molar-refractivity contribution in [2.45, 2.75) is 44.6 Å². The van der Waals surface area contributed by atoms with Crippen molar-refractivity contribution in [3.63, 3.8) is 0 Å². The van der Waals surface area contributed by atoms with Gasteiger partial charge in [-0.15, -0.1) is 0 Å². The quantitative estimate of drug-likeness (QED) is 0.522. The molecule has 1 fully saturated rings. The number of ether oxygens (including phenoxy) is 2. The van der Waals surface area contributed by atoms with Gasteiger partial charge in [-0.05, 0) is 13.8 Å². The largest absolute Gasteiger partial charge is 0.388 e. The second kappa shape index (κ2) is 7.45. The Bertz CT molecular complexity index is 224. The Morgan fingerprint density at radius 1 is 1.25 bits per heavy atom. The van der Waals surface area contributed by atoms with Gasteiger partial charge in [0.15, 0.2) is 6.29 Å². The van der Waals surface area contributed by atoms with Crippen molar-refractivity contribution in [3.05, 3.63) is 0 Å². The molecule has 0 radical (unpaired) electrons. The van der Waals surface area contributed by atoms with E-state index in [1.807, 2.05) is 0 Å². The highest BCUT2D eigenvalue weighted by molar-refractivity contribution is 5.20. The third kappa shape index (κ3) is 4.80. The second-order valence-electron chi connectivity index (χ2n) is 3.52. The Balaban J connectivity index is 0.000000673. The van der Waals surface area contributed by atoms with Gasteiger partial charge in [0.05, 0.1) is 12.7 Å². The van der Waals surface area contributed by atoms with Crippen LogP contribution in [-0.4, -0.2) is 58.8 Å². The van der Waals surface area contributed by atoms with Gasteiger partial charge in [0.2, 0.25) is 0 Å². The molecule has 3 N–H and O–H groups in total. The van der Waals surface area contributed by atoms with Gasteiger partial charge in [0, 0.05) is 0 Å². The van der Waals surface area contributed by atoms with E-state index in [1.165, 1.54) is 0 Å². The van der Waals surface area contributed by atoms with Gasteiger partial charge in [0.1, 0.15) is 18.3 Å². The van der Waals surface area contributed by atoms with Crippen molar-refractivity contribution in [1.29, 1.82) is 0 Å². The summed E-state index contributed by atoms with van der Waals surface area (Å²) < 4.78 is 10.2. The zero-order valence-electron chi connectivity index (χ0n) is 9.07. The maximum atomic E-state index is 9.40. The van der Waals surface area contributed by atoms with Crippen LogP contribution in [0.4, 0.5) is 0 Å². The minimum absolute atomic E-state index is 0.0182. The number of rotatable bonds is 2. The summed E-state index contributed by atoms with van der Waals surface area (Å²) in [5.74, 6) is 0. The van der Waals surface area contributed by atoms with Crippen LogP contribution in [0.5, 0.6) is 0 Å². The Kier molecular flexibility index (Phi) is 7.07. The van der Waals surface area contributed by atoms with Crippen LogP contribution in [0.25, 0.3) is 0 Å². The van der Waals surface area contributed by atoms with Crippen LogP contribution in [0, 0.1) is 0 Å². The highest BCUT2D eigenvalue weighted by atomic mass is 16.7. The Hall–Kier alpha value is -0.820. The Labute approximate surface area is 92.6 Å². The fraction of sp³-hybridized carbons (Fsp3) is 0.889. The van der Waals surface area contributed by atoms with Crippen molar-refractivity contribution in [2.24, 2.45) is 0 Å². The number of aliphatic hydroxyl groups is 3. The van der Waals surface area contributed by atoms with Crippen molar-refractivity contribution >= 4 is 6.15 Å². The molecule has 0 amide bonds. The summed E-state index contributed by atoms with van der Waals surface area (Å²) in [7, 11) is 0. The van der Waals surface area contributed by atoms with Crippen LogP contribution < -0.4 is 0 Å². The molecule has 0 spiro atoms. The van der Waals surface area contributed by atoms with Gasteiger partial charge in [-0.2, -0.15) is 9.59 Å². The molecule has 7 nitrogen and oxygen atoms in total. The Morgan fingerprint density at radius 2 is 1.75 bits per heavy atom. The maximum absolute atomic E-state index is 9.40. The standard InChI is InChI=1S/C8H16O5.CO2/c1-4(2)13-8-7(11)6(10)5(9)3-12-8;2-1-3/h4-11H,3H2,1-2H3;/t5-,6+,7?,8?;/m1./s1. The average Bonchev–Trinajstić information content (AvgIpc) is 2.20. The highest BCUT2D eigenvalue weighted by Gasteiger charge is 2.38. The van der Waals surface area contributed by atoms with Gasteiger partial charge >= 0.3 is 6.15 Å².